The summed E-state index contributed by atoms with van der Waals surface area (Å²) in [6.07, 6.45) is 0. The number of anilines is 1. The van der Waals surface area contributed by atoms with E-state index in [9.17, 15) is 30.5 Å². The van der Waals surface area contributed by atoms with E-state index in [1.165, 1.54) is 24.3 Å². The van der Waals surface area contributed by atoms with Crippen molar-refractivity contribution in [3.8, 4) is 0 Å². The van der Waals surface area contributed by atoms with Crippen molar-refractivity contribution >= 4 is 57.1 Å². The first kappa shape index (κ1) is 24.9. The molecule has 0 heterocycles. The van der Waals surface area contributed by atoms with E-state index in [2.05, 4.69) is 26.0 Å². The van der Waals surface area contributed by atoms with Crippen molar-refractivity contribution in [1.82, 2.24) is 0 Å². The van der Waals surface area contributed by atoms with E-state index in [1.54, 1.807) is 24.3 Å². The number of nitro benzene ring substituents is 1. The van der Waals surface area contributed by atoms with Gasteiger partial charge in [0, 0.05) is 0 Å². The zero-order chi connectivity index (χ0) is 24.9. The molecule has 0 aliphatic rings. The number of non-ortho nitro benzene ring substituents is 1. The number of azo groups is 1. The summed E-state index contributed by atoms with van der Waals surface area (Å²) in [5.41, 5.74) is 3.12. The quantitative estimate of drug-likeness (QED) is 0.106. The van der Waals surface area contributed by atoms with Gasteiger partial charge in [-0.15, -0.1) is 0 Å². The molecule has 16 heteroatoms. The molecule has 0 aromatic heterocycles. The first-order valence-electron chi connectivity index (χ1n) is 9.04. The first-order valence-corrected chi connectivity index (χ1v) is 13.9. The van der Waals surface area contributed by atoms with Crippen molar-refractivity contribution < 1.29 is 29.8 Å². The van der Waals surface area contributed by atoms with Crippen LogP contribution in [-0.2, 0) is 13.9 Å². The van der Waals surface area contributed by atoms with Gasteiger partial charge in [-0.1, -0.05) is 0 Å². The fraction of sp³-hybridized carbons (Fsp3) is 0. The zero-order valence-electron chi connectivity index (χ0n) is 16.8. The molecule has 34 heavy (non-hydrogen) atoms. The van der Waals surface area contributed by atoms with E-state index in [0.29, 0.717) is 17.1 Å². The van der Waals surface area contributed by atoms with Gasteiger partial charge in [-0.25, -0.2) is 0 Å². The van der Waals surface area contributed by atoms with Gasteiger partial charge in [0.15, 0.2) is 0 Å². The molecular weight excluding hydrogens is 535 g/mol. The van der Waals surface area contributed by atoms with Crippen LogP contribution >= 0.6 is 0 Å². The maximum atomic E-state index is 11.7. The van der Waals surface area contributed by atoms with Gasteiger partial charge < -0.3 is 0 Å². The van der Waals surface area contributed by atoms with E-state index in [0.717, 1.165) is 18.2 Å². The SMILES string of the molecule is O=[N+]([O-])c1ccc(N=NNc2ccc(N=Nc3ccc(S(=O)(=O)O)cc3)cc2)c([As](=O)(O)O)c1. The van der Waals surface area contributed by atoms with Crippen molar-refractivity contribution in [2.24, 2.45) is 20.6 Å². The third kappa shape index (κ3) is 6.63. The topological polar surface area (TPSA) is 217 Å². The van der Waals surface area contributed by atoms with Crippen molar-refractivity contribution in [1.29, 1.82) is 0 Å². The van der Waals surface area contributed by atoms with E-state index in [-0.39, 0.29) is 10.6 Å². The second kappa shape index (κ2) is 10.0. The molecule has 0 saturated carbocycles. The summed E-state index contributed by atoms with van der Waals surface area (Å²) in [7, 11) is -4.29. The van der Waals surface area contributed by atoms with Crippen LogP contribution in [0, 0.1) is 10.1 Å². The third-order valence-corrected chi connectivity index (χ3v) is 7.04. The van der Waals surface area contributed by atoms with Gasteiger partial charge in [-0.2, -0.15) is 8.42 Å². The van der Waals surface area contributed by atoms with Gasteiger partial charge in [-0.3, -0.25) is 4.55 Å². The summed E-state index contributed by atoms with van der Waals surface area (Å²) in [6, 6.07) is 14.3. The minimum atomic E-state index is -5.51. The van der Waals surface area contributed by atoms with Gasteiger partial charge in [0.25, 0.3) is 10.1 Å². The summed E-state index contributed by atoms with van der Waals surface area (Å²) in [6.45, 7) is 0. The molecule has 0 aliphatic heterocycles. The van der Waals surface area contributed by atoms with Crippen LogP contribution in [0.25, 0.3) is 0 Å². The molecule has 0 atom stereocenters. The van der Waals surface area contributed by atoms with Crippen LogP contribution in [0.1, 0.15) is 0 Å². The molecule has 14 nitrogen and oxygen atoms in total. The summed E-state index contributed by atoms with van der Waals surface area (Å²) in [4.78, 5) is 9.80. The minimum absolute atomic E-state index is 0.212. The number of nitrogens with one attached hydrogen (secondary N) is 1. The number of rotatable bonds is 8. The Morgan fingerprint density at radius 2 is 1.44 bits per heavy atom. The molecule has 0 saturated heterocycles. The molecule has 3 rings (SSSR count). The Bertz CT molecular complexity index is 1420. The average Bonchev–Trinajstić information content (AvgIpc) is 2.77. The molecule has 4 N–H and O–H groups in total. The summed E-state index contributed by atoms with van der Waals surface area (Å²) < 4.78 is 61.1. The Morgan fingerprint density at radius 1 is 0.882 bits per heavy atom. The molecule has 176 valence electrons. The Hall–Kier alpha value is -3.75. The van der Waals surface area contributed by atoms with E-state index < -0.39 is 39.3 Å². The molecule has 0 fully saturated rings. The van der Waals surface area contributed by atoms with Crippen molar-refractivity contribution in [3.63, 3.8) is 0 Å². The van der Waals surface area contributed by atoms with Crippen molar-refractivity contribution in [2.45, 2.75) is 4.90 Å². The normalized spacial score (nSPS) is 12.3. The standard InChI is InChI=1S/C18H15AsN6O8S/c26-19(27,28)17-11-15(25(29)30)7-10-18(17)23-24-22-14-3-1-12(2-4-14)20-21-13-5-8-16(9-6-13)34(31,32)33/h1-11H,(H,22,23)(H2,26,27,28)(H,31,32,33). The predicted molar refractivity (Wildman–Crippen MR) is 119 cm³/mol. The molecular formula is C18H15AsN6O8S. The number of nitro groups is 1. The van der Waals surface area contributed by atoms with Crippen molar-refractivity contribution in [3.05, 3.63) is 76.8 Å². The van der Waals surface area contributed by atoms with Gasteiger partial charge in [0.1, 0.15) is 0 Å². The van der Waals surface area contributed by atoms with Crippen molar-refractivity contribution in [2.75, 3.05) is 5.43 Å². The maximum absolute atomic E-state index is 11.7. The molecule has 0 amide bonds. The number of hydrogen-bond donors (Lipinski definition) is 4. The van der Waals surface area contributed by atoms with E-state index >= 15 is 0 Å². The first-order chi connectivity index (χ1) is 15.9. The second-order valence-electron chi connectivity index (χ2n) is 6.50. The van der Waals surface area contributed by atoms with Gasteiger partial charge >= 0.3 is 142 Å². The summed E-state index contributed by atoms with van der Waals surface area (Å²) in [5, 5.41) is 26.1. The Balaban J connectivity index is 1.68. The van der Waals surface area contributed by atoms with Gasteiger partial charge in [0.05, 0.1) is 4.90 Å². The van der Waals surface area contributed by atoms with E-state index in [1.807, 2.05) is 0 Å². The number of benzene rings is 3. The van der Waals surface area contributed by atoms with Gasteiger partial charge in [0.2, 0.25) is 0 Å². The van der Waals surface area contributed by atoms with Crippen LogP contribution in [0.3, 0.4) is 0 Å². The van der Waals surface area contributed by atoms with E-state index in [4.69, 9.17) is 4.55 Å². The number of nitrogens with zero attached hydrogens (tertiary/aromatic N) is 5. The fourth-order valence-corrected chi connectivity index (χ4v) is 4.47. The molecule has 0 bridgehead atoms. The van der Waals surface area contributed by atoms with Crippen LogP contribution in [0.5, 0.6) is 0 Å². The molecule has 0 aliphatic carbocycles. The van der Waals surface area contributed by atoms with Crippen LogP contribution in [0.15, 0.2) is 92.2 Å². The molecule has 0 unspecified atom stereocenters. The molecule has 3 aromatic rings. The number of hydrogen-bond acceptors (Lipinski definition) is 9. The third-order valence-electron chi connectivity index (χ3n) is 4.10. The molecule has 0 spiro atoms. The summed E-state index contributed by atoms with van der Waals surface area (Å²) in [5.74, 6) is 0. The average molecular weight is 550 g/mol. The Morgan fingerprint density at radius 3 is 1.94 bits per heavy atom. The van der Waals surface area contributed by atoms with Gasteiger partial charge in [-0.05, 0) is 24.3 Å². The van der Waals surface area contributed by atoms with Crippen LogP contribution < -0.4 is 9.78 Å². The summed E-state index contributed by atoms with van der Waals surface area (Å²) >= 11 is -5.51. The molecule has 0 radical (unpaired) electrons. The second-order valence-corrected chi connectivity index (χ2v) is 11.2. The van der Waals surface area contributed by atoms with Crippen LogP contribution in [0.2, 0.25) is 0 Å². The Labute approximate surface area is 194 Å². The monoisotopic (exact) mass is 550 g/mol. The molecule has 3 aromatic carbocycles. The predicted octanol–water partition coefficient (Wildman–Crippen LogP) is 2.93. The Kier molecular flexibility index (Phi) is 7.34. The zero-order valence-corrected chi connectivity index (χ0v) is 19.5. The van der Waals surface area contributed by atoms with Crippen LogP contribution in [-0.4, -0.2) is 40.3 Å². The fourth-order valence-electron chi connectivity index (χ4n) is 2.48. The van der Waals surface area contributed by atoms with Crippen LogP contribution in [0.4, 0.5) is 28.4 Å².